The van der Waals surface area contributed by atoms with Gasteiger partial charge in [0.2, 0.25) is 0 Å². The molecule has 0 radical (unpaired) electrons. The summed E-state index contributed by atoms with van der Waals surface area (Å²) in [6.45, 7) is 1.78. The molecular weight excluding hydrogens is 396 g/mol. The van der Waals surface area contributed by atoms with Crippen LogP contribution in [0, 0.1) is 0 Å². The molecule has 1 fully saturated rings. The van der Waals surface area contributed by atoms with Gasteiger partial charge in [0.05, 0.1) is 6.54 Å². The van der Waals surface area contributed by atoms with Crippen LogP contribution in [-0.2, 0) is 6.54 Å². The van der Waals surface area contributed by atoms with Crippen LogP contribution < -0.4 is 15.0 Å². The summed E-state index contributed by atoms with van der Waals surface area (Å²) in [5.74, 6) is -0.326. The molecule has 3 amide bonds. The highest BCUT2D eigenvalue weighted by Gasteiger charge is 2.21. The molecule has 4 rings (SSSR count). The Morgan fingerprint density at radius 2 is 1.96 bits per heavy atom. The van der Waals surface area contributed by atoms with Crippen LogP contribution in [0.15, 0.2) is 65.1 Å². The first-order chi connectivity index (χ1) is 13.6. The number of nitrogens with zero attached hydrogens (tertiary/aromatic N) is 3. The molecular formula is C20H17ClN4O2S. The van der Waals surface area contributed by atoms with Crippen LogP contribution in [0.5, 0.6) is 0 Å². The molecule has 0 bridgehead atoms. The summed E-state index contributed by atoms with van der Waals surface area (Å²) in [6.07, 6.45) is 1.88. The van der Waals surface area contributed by atoms with Crippen molar-refractivity contribution in [3.8, 4) is 0 Å². The molecule has 28 heavy (non-hydrogen) atoms. The first kappa shape index (κ1) is 18.5. The molecule has 1 aliphatic heterocycles. The van der Waals surface area contributed by atoms with Crippen LogP contribution in [0.4, 0.5) is 10.5 Å². The third kappa shape index (κ3) is 3.85. The zero-order valence-electron chi connectivity index (χ0n) is 14.8. The van der Waals surface area contributed by atoms with Gasteiger partial charge in [0, 0.05) is 40.9 Å². The van der Waals surface area contributed by atoms with Gasteiger partial charge in [-0.2, -0.15) is 4.99 Å². The molecule has 1 saturated heterocycles. The van der Waals surface area contributed by atoms with Crippen molar-refractivity contribution < 1.29 is 9.59 Å². The zero-order valence-corrected chi connectivity index (χ0v) is 16.4. The average molecular weight is 413 g/mol. The van der Waals surface area contributed by atoms with E-state index >= 15 is 0 Å². The summed E-state index contributed by atoms with van der Waals surface area (Å²) in [6, 6.07) is 14.4. The molecule has 142 valence electrons. The number of benzene rings is 2. The first-order valence-corrected chi connectivity index (χ1v) is 9.99. The van der Waals surface area contributed by atoms with Gasteiger partial charge in [0.1, 0.15) is 0 Å². The highest BCUT2D eigenvalue weighted by atomic mass is 35.5. The Morgan fingerprint density at radius 3 is 2.68 bits per heavy atom. The van der Waals surface area contributed by atoms with E-state index in [1.807, 2.05) is 40.4 Å². The van der Waals surface area contributed by atoms with Crippen molar-refractivity contribution in [3.05, 3.63) is 81.1 Å². The highest BCUT2D eigenvalue weighted by molar-refractivity contribution is 7.07. The average Bonchev–Trinajstić information content (AvgIpc) is 3.32. The predicted octanol–water partition coefficient (Wildman–Crippen LogP) is 3.52. The lowest BCUT2D eigenvalue weighted by atomic mass is 10.2. The van der Waals surface area contributed by atoms with E-state index in [1.54, 1.807) is 29.2 Å². The lowest BCUT2D eigenvalue weighted by molar-refractivity contribution is 0.0998. The van der Waals surface area contributed by atoms with E-state index in [9.17, 15) is 9.59 Å². The fourth-order valence-corrected chi connectivity index (χ4v) is 3.89. The van der Waals surface area contributed by atoms with Crippen molar-refractivity contribution >= 4 is 40.6 Å². The van der Waals surface area contributed by atoms with Crippen LogP contribution in [0.25, 0.3) is 0 Å². The quantitative estimate of drug-likeness (QED) is 0.712. The Hall–Kier alpha value is -2.90. The molecule has 1 aliphatic rings. The largest absolute Gasteiger partial charge is 0.336 e. The minimum Gasteiger partial charge on any atom is -0.336 e. The fraction of sp³-hybridized carbons (Fsp3) is 0.150. The van der Waals surface area contributed by atoms with Gasteiger partial charge >= 0.3 is 6.03 Å². The van der Waals surface area contributed by atoms with Gasteiger partial charge in [-0.15, -0.1) is 11.3 Å². The Labute approximate surface area is 170 Å². The van der Waals surface area contributed by atoms with Crippen molar-refractivity contribution in [3.63, 3.8) is 0 Å². The molecule has 0 aliphatic carbocycles. The Kier molecular flexibility index (Phi) is 5.27. The fourth-order valence-electron chi connectivity index (χ4n) is 2.97. The first-order valence-electron chi connectivity index (χ1n) is 8.73. The topological polar surface area (TPSA) is 66.7 Å². The molecule has 1 aromatic heterocycles. The van der Waals surface area contributed by atoms with E-state index in [-0.39, 0.29) is 11.9 Å². The lowest BCUT2D eigenvalue weighted by Crippen LogP contribution is -2.27. The maximum absolute atomic E-state index is 12.6. The summed E-state index contributed by atoms with van der Waals surface area (Å²) in [7, 11) is 0. The smallest absolute Gasteiger partial charge is 0.321 e. The van der Waals surface area contributed by atoms with E-state index in [2.05, 4.69) is 10.3 Å². The van der Waals surface area contributed by atoms with Crippen molar-refractivity contribution in [1.29, 1.82) is 0 Å². The lowest BCUT2D eigenvalue weighted by Gasteiger charge is -2.13. The molecule has 3 aromatic rings. The summed E-state index contributed by atoms with van der Waals surface area (Å²) in [5.41, 5.74) is 2.20. The number of aromatic nitrogens is 1. The number of anilines is 1. The van der Waals surface area contributed by atoms with Crippen molar-refractivity contribution in [2.24, 2.45) is 4.99 Å². The number of carbonyl (C=O) groups excluding carboxylic acids is 2. The number of urea groups is 1. The van der Waals surface area contributed by atoms with E-state index in [1.165, 1.54) is 11.3 Å². The summed E-state index contributed by atoms with van der Waals surface area (Å²) < 4.78 is 1.90. The molecule has 8 heteroatoms. The molecule has 0 saturated carbocycles. The monoisotopic (exact) mass is 412 g/mol. The Bertz CT molecular complexity index is 1090. The standard InChI is InChI=1S/C20H17ClN4O2S/c21-17-4-2-1-3-15(17)13-24-11-12-28-20(24)23-18(26)14-5-7-16(8-6-14)25-10-9-22-19(25)27/h1-8,11-12H,9-10,13H2,(H,22,27). The van der Waals surface area contributed by atoms with Crippen LogP contribution in [0.1, 0.15) is 15.9 Å². The molecule has 0 atom stereocenters. The number of rotatable bonds is 4. The Balaban J connectivity index is 1.55. The van der Waals surface area contributed by atoms with Gasteiger partial charge in [-0.3, -0.25) is 9.69 Å². The number of hydrogen-bond acceptors (Lipinski definition) is 3. The van der Waals surface area contributed by atoms with Crippen LogP contribution in [-0.4, -0.2) is 29.6 Å². The summed E-state index contributed by atoms with van der Waals surface area (Å²) >= 11 is 7.63. The number of carbonyl (C=O) groups is 2. The van der Waals surface area contributed by atoms with Crippen molar-refractivity contribution in [1.82, 2.24) is 9.88 Å². The molecule has 0 unspecified atom stereocenters. The Morgan fingerprint density at radius 1 is 1.18 bits per heavy atom. The third-order valence-electron chi connectivity index (χ3n) is 4.44. The number of nitrogens with one attached hydrogen (secondary N) is 1. The van der Waals surface area contributed by atoms with E-state index < -0.39 is 0 Å². The van der Waals surface area contributed by atoms with Gasteiger partial charge in [-0.25, -0.2) is 4.79 Å². The number of thiazole rings is 1. The predicted molar refractivity (Wildman–Crippen MR) is 110 cm³/mol. The van der Waals surface area contributed by atoms with E-state index in [0.717, 1.165) is 11.3 Å². The maximum atomic E-state index is 12.6. The molecule has 1 N–H and O–H groups in total. The van der Waals surface area contributed by atoms with Crippen LogP contribution in [0.3, 0.4) is 0 Å². The van der Waals surface area contributed by atoms with E-state index in [0.29, 0.717) is 35.0 Å². The number of hydrogen-bond donors (Lipinski definition) is 1. The van der Waals surface area contributed by atoms with E-state index in [4.69, 9.17) is 11.6 Å². The maximum Gasteiger partial charge on any atom is 0.321 e. The van der Waals surface area contributed by atoms with Crippen LogP contribution in [0.2, 0.25) is 5.02 Å². The molecule has 0 spiro atoms. The van der Waals surface area contributed by atoms with Crippen LogP contribution >= 0.6 is 22.9 Å². The summed E-state index contributed by atoms with van der Waals surface area (Å²) in [4.78, 5) is 30.8. The molecule has 2 aromatic carbocycles. The van der Waals surface area contributed by atoms with Gasteiger partial charge in [-0.05, 0) is 35.9 Å². The molecule has 6 nitrogen and oxygen atoms in total. The second-order valence-corrected chi connectivity index (χ2v) is 7.53. The van der Waals surface area contributed by atoms with Gasteiger partial charge in [0.15, 0.2) is 4.80 Å². The van der Waals surface area contributed by atoms with Crippen molar-refractivity contribution in [2.45, 2.75) is 6.54 Å². The minimum absolute atomic E-state index is 0.122. The van der Waals surface area contributed by atoms with Gasteiger partial charge in [-0.1, -0.05) is 29.8 Å². The number of amides is 3. The molecule has 2 heterocycles. The number of halogens is 1. The third-order valence-corrected chi connectivity index (χ3v) is 5.60. The van der Waals surface area contributed by atoms with Crippen molar-refractivity contribution in [2.75, 3.05) is 18.0 Å². The highest BCUT2D eigenvalue weighted by Crippen LogP contribution is 2.18. The van der Waals surface area contributed by atoms with Gasteiger partial charge in [0.25, 0.3) is 5.91 Å². The van der Waals surface area contributed by atoms with Gasteiger partial charge < -0.3 is 9.88 Å². The second kappa shape index (κ2) is 8.00. The minimum atomic E-state index is -0.326. The normalized spacial score (nSPS) is 14.4. The SMILES string of the molecule is O=C(N=c1sccn1Cc1ccccc1Cl)c1ccc(N2CCNC2=O)cc1. The summed E-state index contributed by atoms with van der Waals surface area (Å²) in [5, 5.41) is 5.32. The zero-order chi connectivity index (χ0) is 19.5. The second-order valence-electron chi connectivity index (χ2n) is 6.25.